The molecule has 0 saturated carbocycles. The fraction of sp³-hybridized carbons (Fsp3) is 0.250. The van der Waals surface area contributed by atoms with E-state index in [1.54, 1.807) is 31.2 Å². The Hall–Kier alpha value is -2.38. The number of hydrogen-bond donors (Lipinski definition) is 0. The van der Waals surface area contributed by atoms with Crippen molar-refractivity contribution in [3.63, 3.8) is 0 Å². The van der Waals surface area contributed by atoms with Gasteiger partial charge in [-0.3, -0.25) is 0 Å². The minimum absolute atomic E-state index is 0.120. The normalized spacial score (nSPS) is 12.6. The number of alkyl halides is 3. The van der Waals surface area contributed by atoms with Crippen LogP contribution in [0.3, 0.4) is 0 Å². The lowest BCUT2D eigenvalue weighted by molar-refractivity contribution is -0.159. The summed E-state index contributed by atoms with van der Waals surface area (Å²) >= 11 is 0. The van der Waals surface area contributed by atoms with Gasteiger partial charge >= 0.3 is 12.1 Å². The first-order valence-corrected chi connectivity index (χ1v) is 5.51. The first-order chi connectivity index (χ1) is 9.41. The SMILES string of the molecule is CON=C(C)c1ccc(-c2noc(C(F)(F)F)n2)cc1. The molecule has 0 spiro atoms. The Balaban J connectivity index is 2.26. The maximum Gasteiger partial charge on any atom is 0.471 e. The smallest absolute Gasteiger partial charge is 0.399 e. The molecule has 1 aromatic carbocycles. The van der Waals surface area contributed by atoms with E-state index in [1.807, 2.05) is 0 Å². The summed E-state index contributed by atoms with van der Waals surface area (Å²) < 4.78 is 41.2. The molecule has 0 aliphatic heterocycles. The average Bonchev–Trinajstić information content (AvgIpc) is 2.89. The molecule has 0 bridgehead atoms. The molecule has 1 heterocycles. The summed E-state index contributed by atoms with van der Waals surface area (Å²) in [5, 5.41) is 7.05. The number of hydrogen-bond acceptors (Lipinski definition) is 5. The molecule has 2 rings (SSSR count). The minimum Gasteiger partial charge on any atom is -0.399 e. The van der Waals surface area contributed by atoms with Crippen LogP contribution < -0.4 is 0 Å². The zero-order valence-corrected chi connectivity index (χ0v) is 10.6. The van der Waals surface area contributed by atoms with E-state index in [9.17, 15) is 13.2 Å². The number of aromatic nitrogens is 2. The van der Waals surface area contributed by atoms with Crippen molar-refractivity contribution in [1.29, 1.82) is 0 Å². The Kier molecular flexibility index (Phi) is 3.73. The topological polar surface area (TPSA) is 60.5 Å². The van der Waals surface area contributed by atoms with Gasteiger partial charge in [-0.05, 0) is 12.5 Å². The molecule has 5 nitrogen and oxygen atoms in total. The molecule has 0 radical (unpaired) electrons. The monoisotopic (exact) mass is 285 g/mol. The van der Waals surface area contributed by atoms with Crippen molar-refractivity contribution in [2.24, 2.45) is 5.16 Å². The predicted molar refractivity (Wildman–Crippen MR) is 64.0 cm³/mol. The van der Waals surface area contributed by atoms with Gasteiger partial charge in [0.05, 0.1) is 5.71 Å². The molecule has 0 unspecified atom stereocenters. The van der Waals surface area contributed by atoms with Crippen LogP contribution in [-0.2, 0) is 11.0 Å². The third-order valence-electron chi connectivity index (χ3n) is 2.46. The van der Waals surface area contributed by atoms with Gasteiger partial charge in [-0.15, -0.1) is 0 Å². The van der Waals surface area contributed by atoms with Gasteiger partial charge in [-0.2, -0.15) is 18.2 Å². The molecule has 0 aliphatic carbocycles. The van der Waals surface area contributed by atoms with E-state index in [4.69, 9.17) is 0 Å². The van der Waals surface area contributed by atoms with Gasteiger partial charge in [0.25, 0.3) is 0 Å². The van der Waals surface area contributed by atoms with Crippen LogP contribution in [0.2, 0.25) is 0 Å². The van der Waals surface area contributed by atoms with Gasteiger partial charge < -0.3 is 9.36 Å². The van der Waals surface area contributed by atoms with Crippen LogP contribution in [0, 0.1) is 0 Å². The Labute approximate surface area is 112 Å². The maximum atomic E-state index is 12.3. The van der Waals surface area contributed by atoms with Crippen molar-refractivity contribution in [2.45, 2.75) is 13.1 Å². The maximum absolute atomic E-state index is 12.3. The summed E-state index contributed by atoms with van der Waals surface area (Å²) in [5.41, 5.74) is 1.83. The van der Waals surface area contributed by atoms with Gasteiger partial charge in [-0.25, -0.2) is 0 Å². The lowest BCUT2D eigenvalue weighted by Crippen LogP contribution is -2.04. The van der Waals surface area contributed by atoms with Crippen LogP contribution >= 0.6 is 0 Å². The second-order valence-electron chi connectivity index (χ2n) is 3.86. The lowest BCUT2D eigenvalue weighted by atomic mass is 10.1. The molecule has 0 saturated heterocycles. The van der Waals surface area contributed by atoms with E-state index >= 15 is 0 Å². The van der Waals surface area contributed by atoms with Crippen molar-refractivity contribution in [1.82, 2.24) is 10.1 Å². The average molecular weight is 285 g/mol. The highest BCUT2D eigenvalue weighted by atomic mass is 19.4. The molecule has 0 amide bonds. The van der Waals surface area contributed by atoms with Gasteiger partial charge in [0, 0.05) is 5.56 Å². The highest BCUT2D eigenvalue weighted by Gasteiger charge is 2.38. The Morgan fingerprint density at radius 2 is 1.90 bits per heavy atom. The molecule has 0 fully saturated rings. The fourth-order valence-electron chi connectivity index (χ4n) is 1.51. The van der Waals surface area contributed by atoms with E-state index < -0.39 is 12.1 Å². The molecule has 1 aromatic heterocycles. The highest BCUT2D eigenvalue weighted by Crippen LogP contribution is 2.29. The standard InChI is InChI=1S/C12H10F3N3O2/c1-7(17-19-2)8-3-5-9(6-4-8)10-16-11(20-18-10)12(13,14)15/h3-6H,1-2H3. The first-order valence-electron chi connectivity index (χ1n) is 5.51. The van der Waals surface area contributed by atoms with E-state index in [-0.39, 0.29) is 5.82 Å². The Morgan fingerprint density at radius 1 is 1.25 bits per heavy atom. The molecule has 0 N–H and O–H groups in total. The van der Waals surface area contributed by atoms with Crippen LogP contribution in [0.15, 0.2) is 33.9 Å². The molecule has 2 aromatic rings. The van der Waals surface area contributed by atoms with Crippen LogP contribution in [0.4, 0.5) is 13.2 Å². The van der Waals surface area contributed by atoms with Gasteiger partial charge in [0.1, 0.15) is 7.11 Å². The Morgan fingerprint density at radius 3 is 2.40 bits per heavy atom. The van der Waals surface area contributed by atoms with E-state index in [0.29, 0.717) is 11.3 Å². The van der Waals surface area contributed by atoms with Crippen LogP contribution in [0.25, 0.3) is 11.4 Å². The van der Waals surface area contributed by atoms with Gasteiger partial charge in [0.15, 0.2) is 0 Å². The van der Waals surface area contributed by atoms with Crippen molar-refractivity contribution in [3.05, 3.63) is 35.7 Å². The third kappa shape index (κ3) is 2.95. The van der Waals surface area contributed by atoms with Crippen LogP contribution in [-0.4, -0.2) is 23.0 Å². The molecule has 106 valence electrons. The highest BCUT2D eigenvalue weighted by molar-refractivity contribution is 5.98. The zero-order valence-electron chi connectivity index (χ0n) is 10.6. The Bertz CT molecular complexity index is 618. The fourth-order valence-corrected chi connectivity index (χ4v) is 1.51. The largest absolute Gasteiger partial charge is 0.471 e. The van der Waals surface area contributed by atoms with Crippen molar-refractivity contribution < 1.29 is 22.5 Å². The molecular weight excluding hydrogens is 275 g/mol. The zero-order chi connectivity index (χ0) is 14.8. The third-order valence-corrected chi connectivity index (χ3v) is 2.46. The summed E-state index contributed by atoms with van der Waals surface area (Å²) in [4.78, 5) is 7.94. The lowest BCUT2D eigenvalue weighted by Gasteiger charge is -2.00. The van der Waals surface area contributed by atoms with Crippen molar-refractivity contribution >= 4 is 5.71 Å². The molecule has 20 heavy (non-hydrogen) atoms. The van der Waals surface area contributed by atoms with Crippen LogP contribution in [0.5, 0.6) is 0 Å². The van der Waals surface area contributed by atoms with E-state index in [0.717, 1.165) is 5.56 Å². The summed E-state index contributed by atoms with van der Waals surface area (Å²) in [7, 11) is 1.43. The van der Waals surface area contributed by atoms with Crippen LogP contribution in [0.1, 0.15) is 18.4 Å². The quantitative estimate of drug-likeness (QED) is 0.642. The number of nitrogens with zero attached hydrogens (tertiary/aromatic N) is 3. The summed E-state index contributed by atoms with van der Waals surface area (Å²) in [6.45, 7) is 1.74. The number of halogens is 3. The van der Waals surface area contributed by atoms with Crippen molar-refractivity contribution in [3.8, 4) is 11.4 Å². The summed E-state index contributed by atoms with van der Waals surface area (Å²) in [6, 6.07) is 6.51. The molecular formula is C12H10F3N3O2. The number of benzene rings is 1. The number of oxime groups is 1. The van der Waals surface area contributed by atoms with E-state index in [2.05, 4.69) is 24.7 Å². The first kappa shape index (κ1) is 14.0. The van der Waals surface area contributed by atoms with Crippen molar-refractivity contribution in [2.75, 3.05) is 7.11 Å². The molecule has 0 atom stereocenters. The summed E-state index contributed by atoms with van der Waals surface area (Å²) in [5.74, 6) is -1.49. The molecule has 0 aliphatic rings. The van der Waals surface area contributed by atoms with E-state index in [1.165, 1.54) is 7.11 Å². The number of rotatable bonds is 3. The predicted octanol–water partition coefficient (Wildman–Crippen LogP) is 3.13. The minimum atomic E-state index is -4.65. The molecule has 8 heteroatoms. The second-order valence-corrected chi connectivity index (χ2v) is 3.86. The summed E-state index contributed by atoms with van der Waals surface area (Å²) in [6.07, 6.45) is -4.65. The van der Waals surface area contributed by atoms with Gasteiger partial charge in [-0.1, -0.05) is 34.6 Å². The second kappa shape index (κ2) is 5.32. The van der Waals surface area contributed by atoms with Gasteiger partial charge in [0.2, 0.25) is 5.82 Å².